The smallest absolute Gasteiger partial charge is 0.254 e. The molecular formula is C20H20FN5O. The van der Waals surface area contributed by atoms with E-state index in [2.05, 4.69) is 15.3 Å². The van der Waals surface area contributed by atoms with Crippen LogP contribution in [0.25, 0.3) is 11.3 Å². The van der Waals surface area contributed by atoms with Crippen LogP contribution in [0, 0.1) is 11.2 Å². The SMILES string of the molecule is CC(CC(=N)c1nc(-c2ccncc2)cc(=O)n1C)Nc1cccc(F)c1. The average molecular weight is 365 g/mol. The third kappa shape index (κ3) is 4.44. The number of rotatable bonds is 6. The van der Waals surface area contributed by atoms with Gasteiger partial charge in [0.25, 0.3) is 5.56 Å². The summed E-state index contributed by atoms with van der Waals surface area (Å²) in [6.45, 7) is 1.89. The lowest BCUT2D eigenvalue weighted by Gasteiger charge is -2.17. The maximum atomic E-state index is 13.3. The van der Waals surface area contributed by atoms with Crippen molar-refractivity contribution in [3.63, 3.8) is 0 Å². The van der Waals surface area contributed by atoms with E-state index in [1.165, 1.54) is 22.8 Å². The Bertz CT molecular complexity index is 1020. The zero-order valence-electron chi connectivity index (χ0n) is 15.1. The van der Waals surface area contributed by atoms with Crippen molar-refractivity contribution in [2.75, 3.05) is 5.32 Å². The molecule has 2 aromatic heterocycles. The largest absolute Gasteiger partial charge is 0.382 e. The van der Waals surface area contributed by atoms with E-state index in [4.69, 9.17) is 5.41 Å². The van der Waals surface area contributed by atoms with E-state index in [0.29, 0.717) is 23.6 Å². The molecule has 27 heavy (non-hydrogen) atoms. The highest BCUT2D eigenvalue weighted by Gasteiger charge is 2.15. The highest BCUT2D eigenvalue weighted by Crippen LogP contribution is 2.16. The molecule has 0 aliphatic heterocycles. The first-order valence-corrected chi connectivity index (χ1v) is 8.52. The second-order valence-electron chi connectivity index (χ2n) is 6.34. The molecule has 3 aromatic rings. The first-order chi connectivity index (χ1) is 12.9. The Hall–Kier alpha value is -3.35. The number of hydrogen-bond acceptors (Lipinski definition) is 5. The van der Waals surface area contributed by atoms with Crippen LogP contribution >= 0.6 is 0 Å². The van der Waals surface area contributed by atoms with Gasteiger partial charge >= 0.3 is 0 Å². The quantitative estimate of drug-likeness (QED) is 0.657. The van der Waals surface area contributed by atoms with Gasteiger partial charge in [0.05, 0.1) is 11.4 Å². The van der Waals surface area contributed by atoms with E-state index >= 15 is 0 Å². The van der Waals surface area contributed by atoms with Gasteiger partial charge in [-0.3, -0.25) is 14.3 Å². The molecule has 2 N–H and O–H groups in total. The van der Waals surface area contributed by atoms with Gasteiger partial charge in [0.1, 0.15) is 5.82 Å². The van der Waals surface area contributed by atoms with Crippen molar-refractivity contribution >= 4 is 11.4 Å². The minimum absolute atomic E-state index is 0.138. The van der Waals surface area contributed by atoms with Crippen molar-refractivity contribution in [3.8, 4) is 11.3 Å². The second kappa shape index (κ2) is 7.90. The van der Waals surface area contributed by atoms with Gasteiger partial charge < -0.3 is 10.7 Å². The minimum Gasteiger partial charge on any atom is -0.382 e. The Morgan fingerprint density at radius 1 is 1.26 bits per heavy atom. The summed E-state index contributed by atoms with van der Waals surface area (Å²) in [5.74, 6) is -0.0152. The Morgan fingerprint density at radius 3 is 2.70 bits per heavy atom. The van der Waals surface area contributed by atoms with Crippen molar-refractivity contribution in [2.24, 2.45) is 7.05 Å². The average Bonchev–Trinajstić information content (AvgIpc) is 2.64. The summed E-state index contributed by atoms with van der Waals surface area (Å²) in [6, 6.07) is 11.0. The van der Waals surface area contributed by atoms with Crippen LogP contribution in [-0.2, 0) is 7.05 Å². The molecule has 0 amide bonds. The molecule has 7 heteroatoms. The molecule has 3 rings (SSSR count). The fourth-order valence-electron chi connectivity index (χ4n) is 2.79. The summed E-state index contributed by atoms with van der Waals surface area (Å²) in [4.78, 5) is 20.8. The first kappa shape index (κ1) is 18.4. The van der Waals surface area contributed by atoms with Crippen molar-refractivity contribution < 1.29 is 4.39 Å². The number of anilines is 1. The number of nitrogens with zero attached hydrogens (tertiary/aromatic N) is 3. The van der Waals surface area contributed by atoms with Crippen molar-refractivity contribution in [3.05, 3.63) is 76.9 Å². The summed E-state index contributed by atoms with van der Waals surface area (Å²) in [5.41, 5.74) is 1.90. The van der Waals surface area contributed by atoms with Crippen LogP contribution in [0.3, 0.4) is 0 Å². The van der Waals surface area contributed by atoms with Crippen molar-refractivity contribution in [1.82, 2.24) is 14.5 Å². The van der Waals surface area contributed by atoms with E-state index in [1.54, 1.807) is 43.7 Å². The Kier molecular flexibility index (Phi) is 5.40. The zero-order chi connectivity index (χ0) is 19.4. The first-order valence-electron chi connectivity index (χ1n) is 8.52. The molecule has 1 atom stereocenters. The molecule has 0 bridgehead atoms. The van der Waals surface area contributed by atoms with E-state index in [0.717, 1.165) is 5.56 Å². The highest BCUT2D eigenvalue weighted by molar-refractivity contribution is 5.96. The standard InChI is InChI=1S/C20H20FN5O/c1-13(24-16-5-3-4-15(21)11-16)10-17(22)20-25-18(12-19(27)26(20)2)14-6-8-23-9-7-14/h3-9,11-13,22,24H,10H2,1-2H3. The number of pyridine rings is 1. The lowest BCUT2D eigenvalue weighted by molar-refractivity contribution is 0.628. The van der Waals surface area contributed by atoms with Gasteiger partial charge in [0, 0.05) is 49.2 Å². The Morgan fingerprint density at radius 2 is 2.00 bits per heavy atom. The predicted octanol–water partition coefficient (Wildman–Crippen LogP) is 3.24. The van der Waals surface area contributed by atoms with Crippen LogP contribution in [0.15, 0.2) is 59.7 Å². The van der Waals surface area contributed by atoms with Gasteiger partial charge in [-0.2, -0.15) is 0 Å². The monoisotopic (exact) mass is 365 g/mol. The van der Waals surface area contributed by atoms with Gasteiger partial charge in [-0.15, -0.1) is 0 Å². The van der Waals surface area contributed by atoms with Crippen LogP contribution in [0.5, 0.6) is 0 Å². The van der Waals surface area contributed by atoms with Crippen molar-refractivity contribution in [2.45, 2.75) is 19.4 Å². The summed E-state index contributed by atoms with van der Waals surface area (Å²) < 4.78 is 14.7. The van der Waals surface area contributed by atoms with Crippen LogP contribution in [0.4, 0.5) is 10.1 Å². The summed E-state index contributed by atoms with van der Waals surface area (Å²) in [7, 11) is 1.60. The third-order valence-electron chi connectivity index (χ3n) is 4.13. The van der Waals surface area contributed by atoms with E-state index < -0.39 is 0 Å². The molecule has 0 saturated carbocycles. The lowest BCUT2D eigenvalue weighted by Crippen LogP contribution is -2.28. The molecule has 0 saturated heterocycles. The lowest BCUT2D eigenvalue weighted by atomic mass is 10.1. The van der Waals surface area contributed by atoms with Crippen molar-refractivity contribution in [1.29, 1.82) is 5.41 Å². The topological polar surface area (TPSA) is 83.7 Å². The summed E-state index contributed by atoms with van der Waals surface area (Å²) in [6.07, 6.45) is 3.59. The van der Waals surface area contributed by atoms with Gasteiger partial charge in [0.2, 0.25) is 0 Å². The fraction of sp³-hybridized carbons (Fsp3) is 0.200. The minimum atomic E-state index is -0.323. The Labute approximate surface area is 156 Å². The molecule has 1 aromatic carbocycles. The molecule has 2 heterocycles. The highest BCUT2D eigenvalue weighted by atomic mass is 19.1. The maximum absolute atomic E-state index is 13.3. The molecule has 138 valence electrons. The Balaban J connectivity index is 1.81. The molecule has 1 unspecified atom stereocenters. The normalized spacial score (nSPS) is 11.8. The van der Waals surface area contributed by atoms with E-state index in [-0.39, 0.29) is 23.1 Å². The van der Waals surface area contributed by atoms with E-state index in [1.807, 2.05) is 6.92 Å². The van der Waals surface area contributed by atoms with Crippen LogP contribution < -0.4 is 10.9 Å². The zero-order valence-corrected chi connectivity index (χ0v) is 15.1. The number of halogens is 1. The molecule has 0 spiro atoms. The van der Waals surface area contributed by atoms with Gasteiger partial charge in [-0.1, -0.05) is 6.07 Å². The number of aromatic nitrogens is 3. The maximum Gasteiger partial charge on any atom is 0.254 e. The van der Waals surface area contributed by atoms with E-state index in [9.17, 15) is 9.18 Å². The molecular weight excluding hydrogens is 345 g/mol. The molecule has 0 radical (unpaired) electrons. The van der Waals surface area contributed by atoms with Crippen LogP contribution in [-0.4, -0.2) is 26.3 Å². The molecule has 0 aliphatic carbocycles. The van der Waals surface area contributed by atoms with Gasteiger partial charge in [0.15, 0.2) is 5.82 Å². The predicted molar refractivity (Wildman–Crippen MR) is 104 cm³/mol. The fourth-order valence-corrected chi connectivity index (χ4v) is 2.79. The summed E-state index contributed by atoms with van der Waals surface area (Å²) >= 11 is 0. The van der Waals surface area contributed by atoms with Crippen LogP contribution in [0.1, 0.15) is 19.2 Å². The summed E-state index contributed by atoms with van der Waals surface area (Å²) in [5, 5.41) is 11.6. The second-order valence-corrected chi connectivity index (χ2v) is 6.34. The molecule has 6 nitrogen and oxygen atoms in total. The number of hydrogen-bond donors (Lipinski definition) is 2. The number of nitrogens with one attached hydrogen (secondary N) is 2. The molecule has 0 aliphatic rings. The van der Waals surface area contributed by atoms with Gasteiger partial charge in [-0.25, -0.2) is 9.37 Å². The van der Waals surface area contributed by atoms with Crippen LogP contribution in [0.2, 0.25) is 0 Å². The molecule has 0 fully saturated rings. The van der Waals surface area contributed by atoms with Gasteiger partial charge in [-0.05, 0) is 37.3 Å². The third-order valence-corrected chi connectivity index (χ3v) is 4.13. The number of benzene rings is 1.